The number of sulfone groups is 1. The summed E-state index contributed by atoms with van der Waals surface area (Å²) in [7, 11) is -2.99. The van der Waals surface area contributed by atoms with Crippen LogP contribution in [0.15, 0.2) is 36.4 Å². The molecule has 1 unspecified atom stereocenters. The Balaban J connectivity index is 1.26. The fraction of sp³-hybridized carbons (Fsp3) is 0.522. The van der Waals surface area contributed by atoms with E-state index in [1.54, 1.807) is 16.2 Å². The molecular weight excluding hydrogens is 466 g/mol. The van der Waals surface area contributed by atoms with Crippen LogP contribution in [0.3, 0.4) is 0 Å². The molecule has 32 heavy (non-hydrogen) atoms. The Morgan fingerprint density at radius 3 is 2.50 bits per heavy atom. The van der Waals surface area contributed by atoms with Gasteiger partial charge in [-0.3, -0.25) is 14.6 Å². The van der Waals surface area contributed by atoms with Gasteiger partial charge in [0.2, 0.25) is 5.91 Å². The molecule has 2 aromatic rings. The summed E-state index contributed by atoms with van der Waals surface area (Å²) in [5, 5.41) is 0.774. The van der Waals surface area contributed by atoms with E-state index in [1.165, 1.54) is 9.75 Å². The van der Waals surface area contributed by atoms with E-state index < -0.39 is 9.84 Å². The quantitative estimate of drug-likeness (QED) is 0.590. The minimum Gasteiger partial charge on any atom is -0.338 e. The first kappa shape index (κ1) is 23.7. The van der Waals surface area contributed by atoms with Gasteiger partial charge < -0.3 is 4.90 Å². The molecule has 0 N–H and O–H groups in total. The third kappa shape index (κ3) is 5.72. The standard InChI is InChI=1S/C23H30ClN3O3S2/c1-2-27(18-9-14-32(29,30)17-18)23(28)16-26-12-10-25(11-13-26)15-19-7-8-22(31-19)20-5-3-4-6-21(20)24/h3-8,18H,2,9-17H2,1H3. The number of carbonyl (C=O) groups is 1. The van der Waals surface area contributed by atoms with Crippen LogP contribution in [0.2, 0.25) is 5.02 Å². The van der Waals surface area contributed by atoms with Crippen molar-refractivity contribution >= 4 is 38.7 Å². The largest absolute Gasteiger partial charge is 0.338 e. The second-order valence-corrected chi connectivity index (χ2v) is 12.3. The molecule has 0 spiro atoms. The highest BCUT2D eigenvalue weighted by molar-refractivity contribution is 7.91. The topological polar surface area (TPSA) is 60.9 Å². The van der Waals surface area contributed by atoms with Gasteiger partial charge in [0.15, 0.2) is 9.84 Å². The fourth-order valence-corrected chi connectivity index (χ4v) is 7.65. The second kappa shape index (κ2) is 10.2. The van der Waals surface area contributed by atoms with Crippen molar-refractivity contribution in [2.75, 3.05) is 50.8 Å². The van der Waals surface area contributed by atoms with Crippen LogP contribution in [0, 0.1) is 0 Å². The van der Waals surface area contributed by atoms with E-state index >= 15 is 0 Å². The highest BCUT2D eigenvalue weighted by atomic mass is 35.5. The van der Waals surface area contributed by atoms with Crippen molar-refractivity contribution in [3.8, 4) is 10.4 Å². The lowest BCUT2D eigenvalue weighted by Crippen LogP contribution is -2.51. The monoisotopic (exact) mass is 495 g/mol. The maximum Gasteiger partial charge on any atom is 0.237 e. The molecule has 6 nitrogen and oxygen atoms in total. The van der Waals surface area contributed by atoms with E-state index in [1.807, 2.05) is 31.2 Å². The summed E-state index contributed by atoms with van der Waals surface area (Å²) in [6, 6.07) is 12.1. The minimum absolute atomic E-state index is 0.0469. The van der Waals surface area contributed by atoms with Crippen LogP contribution in [0.1, 0.15) is 18.2 Å². The van der Waals surface area contributed by atoms with Crippen LogP contribution in [0.5, 0.6) is 0 Å². The van der Waals surface area contributed by atoms with Gasteiger partial charge in [-0.15, -0.1) is 11.3 Å². The molecule has 4 rings (SSSR count). The van der Waals surface area contributed by atoms with E-state index in [0.717, 1.165) is 43.3 Å². The fourth-order valence-electron chi connectivity index (χ4n) is 4.54. The average Bonchev–Trinajstić information content (AvgIpc) is 3.36. The molecule has 3 heterocycles. The van der Waals surface area contributed by atoms with Gasteiger partial charge in [0.25, 0.3) is 0 Å². The predicted octanol–water partition coefficient (Wildman–Crippen LogP) is 3.22. The van der Waals surface area contributed by atoms with E-state index in [0.29, 0.717) is 19.5 Å². The third-order valence-corrected chi connectivity index (χ3v) is 9.50. The number of benzene rings is 1. The van der Waals surface area contributed by atoms with E-state index in [-0.39, 0.29) is 23.5 Å². The van der Waals surface area contributed by atoms with Crippen LogP contribution in [0.25, 0.3) is 10.4 Å². The molecule has 2 fully saturated rings. The number of nitrogens with zero attached hydrogens (tertiary/aromatic N) is 3. The maximum absolute atomic E-state index is 12.8. The van der Waals surface area contributed by atoms with Crippen molar-refractivity contribution in [2.24, 2.45) is 0 Å². The van der Waals surface area contributed by atoms with Crippen LogP contribution in [0.4, 0.5) is 0 Å². The van der Waals surface area contributed by atoms with Crippen LogP contribution in [-0.2, 0) is 21.2 Å². The number of piperazine rings is 1. The molecule has 2 aliphatic rings. The van der Waals surface area contributed by atoms with E-state index in [9.17, 15) is 13.2 Å². The molecule has 0 radical (unpaired) electrons. The van der Waals surface area contributed by atoms with Crippen LogP contribution >= 0.6 is 22.9 Å². The van der Waals surface area contributed by atoms with Gasteiger partial charge in [-0.2, -0.15) is 0 Å². The zero-order chi connectivity index (χ0) is 22.7. The summed E-state index contributed by atoms with van der Waals surface area (Å²) >= 11 is 8.11. The van der Waals surface area contributed by atoms with Crippen molar-refractivity contribution in [1.29, 1.82) is 0 Å². The Kier molecular flexibility index (Phi) is 7.57. The molecule has 0 bridgehead atoms. The molecule has 2 saturated heterocycles. The lowest BCUT2D eigenvalue weighted by atomic mass is 10.2. The Labute approximate surface area is 199 Å². The number of hydrogen-bond donors (Lipinski definition) is 0. The van der Waals surface area contributed by atoms with Crippen molar-refractivity contribution in [3.05, 3.63) is 46.3 Å². The Morgan fingerprint density at radius 2 is 1.84 bits per heavy atom. The number of amides is 1. The lowest BCUT2D eigenvalue weighted by molar-refractivity contribution is -0.134. The minimum atomic E-state index is -2.99. The van der Waals surface area contributed by atoms with Gasteiger partial charge in [0, 0.05) is 65.7 Å². The smallest absolute Gasteiger partial charge is 0.237 e. The van der Waals surface area contributed by atoms with Gasteiger partial charge in [-0.1, -0.05) is 29.8 Å². The highest BCUT2D eigenvalue weighted by Crippen LogP contribution is 2.33. The summed E-state index contributed by atoms with van der Waals surface area (Å²) in [6.07, 6.45) is 0.562. The van der Waals surface area contributed by atoms with Gasteiger partial charge in [-0.05, 0) is 31.5 Å². The van der Waals surface area contributed by atoms with E-state index in [2.05, 4.69) is 21.9 Å². The first-order chi connectivity index (χ1) is 15.3. The predicted molar refractivity (Wildman–Crippen MR) is 131 cm³/mol. The first-order valence-corrected chi connectivity index (χ1v) is 14.1. The molecule has 1 aromatic heterocycles. The summed E-state index contributed by atoms with van der Waals surface area (Å²) < 4.78 is 23.6. The highest BCUT2D eigenvalue weighted by Gasteiger charge is 2.34. The molecule has 0 saturated carbocycles. The van der Waals surface area contributed by atoms with Crippen LogP contribution < -0.4 is 0 Å². The number of carbonyl (C=O) groups excluding carboxylic acids is 1. The SMILES string of the molecule is CCN(C(=O)CN1CCN(Cc2ccc(-c3ccccc3Cl)s2)CC1)C1CCS(=O)(=O)C1. The van der Waals surface area contributed by atoms with Crippen molar-refractivity contribution in [2.45, 2.75) is 25.9 Å². The van der Waals surface area contributed by atoms with Crippen molar-refractivity contribution in [1.82, 2.24) is 14.7 Å². The summed E-state index contributed by atoms with van der Waals surface area (Å²) in [4.78, 5) is 21.7. The first-order valence-electron chi connectivity index (χ1n) is 11.1. The second-order valence-electron chi connectivity index (χ2n) is 8.53. The lowest BCUT2D eigenvalue weighted by Gasteiger charge is -2.36. The van der Waals surface area contributed by atoms with Crippen molar-refractivity contribution in [3.63, 3.8) is 0 Å². The van der Waals surface area contributed by atoms with Gasteiger partial charge in [-0.25, -0.2) is 8.42 Å². The number of hydrogen-bond acceptors (Lipinski definition) is 6. The number of likely N-dealkylation sites (N-methyl/N-ethyl adjacent to an activating group) is 1. The molecule has 9 heteroatoms. The molecular formula is C23H30ClN3O3S2. The molecule has 1 amide bonds. The van der Waals surface area contributed by atoms with Crippen LogP contribution in [-0.4, -0.2) is 85.8 Å². The normalized spacial score (nSPS) is 21.6. The molecule has 1 aromatic carbocycles. The third-order valence-electron chi connectivity index (χ3n) is 6.31. The summed E-state index contributed by atoms with van der Waals surface area (Å²) in [5.74, 6) is 0.351. The number of rotatable bonds is 7. The number of halogens is 1. The van der Waals surface area contributed by atoms with Gasteiger partial charge in [0.1, 0.15) is 0 Å². The van der Waals surface area contributed by atoms with Gasteiger partial charge in [0.05, 0.1) is 18.1 Å². The number of thiophene rings is 1. The van der Waals surface area contributed by atoms with Crippen molar-refractivity contribution < 1.29 is 13.2 Å². The zero-order valence-corrected chi connectivity index (χ0v) is 20.8. The molecule has 0 aliphatic carbocycles. The zero-order valence-electron chi connectivity index (χ0n) is 18.4. The Bertz CT molecular complexity index is 1050. The maximum atomic E-state index is 12.8. The average molecular weight is 496 g/mol. The Hall–Kier alpha value is -1.45. The molecule has 1 atom stereocenters. The summed E-state index contributed by atoms with van der Waals surface area (Å²) in [5.41, 5.74) is 1.07. The summed E-state index contributed by atoms with van der Waals surface area (Å²) in [6.45, 7) is 7.27. The Morgan fingerprint density at radius 1 is 1.12 bits per heavy atom. The van der Waals surface area contributed by atoms with E-state index in [4.69, 9.17) is 11.6 Å². The molecule has 2 aliphatic heterocycles. The van der Waals surface area contributed by atoms with Gasteiger partial charge >= 0.3 is 0 Å². The molecule has 174 valence electrons.